The van der Waals surface area contributed by atoms with Crippen molar-refractivity contribution in [2.75, 3.05) is 14.2 Å². The fraction of sp³-hybridized carbons (Fsp3) is 0.167. The standard InChI is InChI=1S/C18H17N3O4/c1-24-15-5-3-13(17(10-15)25-2)11-20-8-7-12-9-14(21(22)23)4-6-16(12)18(20)19/h3-10,19H,11H2,1-2H3. The van der Waals surface area contributed by atoms with Crippen molar-refractivity contribution in [1.82, 2.24) is 4.57 Å². The number of aromatic nitrogens is 1. The van der Waals surface area contributed by atoms with E-state index in [4.69, 9.17) is 14.9 Å². The zero-order chi connectivity index (χ0) is 18.0. The molecule has 0 fully saturated rings. The van der Waals surface area contributed by atoms with Crippen LogP contribution in [0.2, 0.25) is 0 Å². The highest BCUT2D eigenvalue weighted by Gasteiger charge is 2.10. The van der Waals surface area contributed by atoms with Gasteiger partial charge in [0.2, 0.25) is 0 Å². The Labute approximate surface area is 143 Å². The molecule has 0 radical (unpaired) electrons. The lowest BCUT2D eigenvalue weighted by Gasteiger charge is -2.13. The van der Waals surface area contributed by atoms with Crippen molar-refractivity contribution in [3.63, 3.8) is 0 Å². The fourth-order valence-electron chi connectivity index (χ4n) is 2.71. The Balaban J connectivity index is 2.03. The fourth-order valence-corrected chi connectivity index (χ4v) is 2.71. The average Bonchev–Trinajstić information content (AvgIpc) is 2.63. The third kappa shape index (κ3) is 3.16. The molecule has 2 aromatic carbocycles. The molecule has 1 aromatic heterocycles. The minimum atomic E-state index is -0.438. The van der Waals surface area contributed by atoms with Crippen LogP contribution < -0.4 is 15.0 Å². The second-order valence-electron chi connectivity index (χ2n) is 5.50. The van der Waals surface area contributed by atoms with E-state index in [1.165, 1.54) is 12.1 Å². The van der Waals surface area contributed by atoms with Crippen molar-refractivity contribution in [2.24, 2.45) is 0 Å². The molecule has 0 unspecified atom stereocenters. The summed E-state index contributed by atoms with van der Waals surface area (Å²) in [7, 11) is 3.18. The van der Waals surface area contributed by atoms with Crippen LogP contribution in [0.25, 0.3) is 10.8 Å². The number of pyridine rings is 1. The number of non-ortho nitro benzene ring substituents is 1. The van der Waals surface area contributed by atoms with Gasteiger partial charge in [-0.25, -0.2) is 0 Å². The normalized spacial score (nSPS) is 10.6. The molecule has 0 saturated heterocycles. The van der Waals surface area contributed by atoms with Gasteiger partial charge in [0.25, 0.3) is 5.69 Å². The number of methoxy groups -OCH3 is 2. The number of rotatable bonds is 5. The van der Waals surface area contributed by atoms with Crippen LogP contribution in [0.4, 0.5) is 5.69 Å². The second-order valence-corrected chi connectivity index (χ2v) is 5.50. The molecule has 0 saturated carbocycles. The number of nitro groups is 1. The molecule has 1 N–H and O–H groups in total. The SMILES string of the molecule is COc1ccc(Cn2ccc3cc([N+](=O)[O-])ccc3c2=N)c(OC)c1. The predicted octanol–water partition coefficient (Wildman–Crippen LogP) is 3.09. The summed E-state index contributed by atoms with van der Waals surface area (Å²) in [5.41, 5.74) is 1.20. The largest absolute Gasteiger partial charge is 0.497 e. The van der Waals surface area contributed by atoms with E-state index in [0.717, 1.165) is 5.56 Å². The second kappa shape index (κ2) is 6.64. The third-order valence-corrected chi connectivity index (χ3v) is 4.06. The first-order chi connectivity index (χ1) is 12.0. The summed E-state index contributed by atoms with van der Waals surface area (Å²) in [4.78, 5) is 10.5. The summed E-state index contributed by atoms with van der Waals surface area (Å²) < 4.78 is 12.4. The summed E-state index contributed by atoms with van der Waals surface area (Å²) >= 11 is 0. The summed E-state index contributed by atoms with van der Waals surface area (Å²) in [6, 6.07) is 11.8. The van der Waals surface area contributed by atoms with Gasteiger partial charge in [-0.05, 0) is 29.7 Å². The minimum absolute atomic E-state index is 0.0153. The quantitative estimate of drug-likeness (QED) is 0.571. The van der Waals surface area contributed by atoms with Crippen LogP contribution in [-0.2, 0) is 6.54 Å². The molecular formula is C18H17N3O4. The number of benzene rings is 2. The number of nitrogens with zero attached hydrogens (tertiary/aromatic N) is 2. The van der Waals surface area contributed by atoms with E-state index >= 15 is 0 Å². The van der Waals surface area contributed by atoms with Crippen molar-refractivity contribution in [3.05, 3.63) is 69.8 Å². The first kappa shape index (κ1) is 16.5. The maximum atomic E-state index is 10.9. The number of hydrogen-bond acceptors (Lipinski definition) is 5. The zero-order valence-electron chi connectivity index (χ0n) is 13.9. The molecule has 0 amide bonds. The number of hydrogen-bond donors (Lipinski definition) is 1. The predicted molar refractivity (Wildman–Crippen MR) is 93.1 cm³/mol. The van der Waals surface area contributed by atoms with Crippen LogP contribution in [0, 0.1) is 15.5 Å². The van der Waals surface area contributed by atoms with E-state index in [9.17, 15) is 10.1 Å². The van der Waals surface area contributed by atoms with Gasteiger partial charge in [-0.2, -0.15) is 0 Å². The van der Waals surface area contributed by atoms with Gasteiger partial charge >= 0.3 is 0 Å². The molecule has 0 aliphatic rings. The maximum Gasteiger partial charge on any atom is 0.270 e. The lowest BCUT2D eigenvalue weighted by molar-refractivity contribution is -0.384. The van der Waals surface area contributed by atoms with Crippen LogP contribution >= 0.6 is 0 Å². The van der Waals surface area contributed by atoms with Gasteiger partial charge in [0.05, 0.1) is 25.7 Å². The third-order valence-electron chi connectivity index (χ3n) is 4.06. The van der Waals surface area contributed by atoms with E-state index in [0.29, 0.717) is 28.8 Å². The van der Waals surface area contributed by atoms with Crippen molar-refractivity contribution >= 4 is 16.5 Å². The molecule has 3 aromatic rings. The van der Waals surface area contributed by atoms with Gasteiger partial charge in [-0.15, -0.1) is 0 Å². The average molecular weight is 339 g/mol. The lowest BCUT2D eigenvalue weighted by atomic mass is 10.1. The molecule has 0 aliphatic carbocycles. The number of nitro benzene ring substituents is 1. The van der Waals surface area contributed by atoms with Gasteiger partial charge in [0.1, 0.15) is 17.0 Å². The van der Waals surface area contributed by atoms with Crippen molar-refractivity contribution < 1.29 is 14.4 Å². The Morgan fingerprint density at radius 1 is 1.12 bits per heavy atom. The van der Waals surface area contributed by atoms with Gasteiger partial charge in [-0.1, -0.05) is 0 Å². The summed E-state index contributed by atoms with van der Waals surface area (Å²) in [5.74, 6) is 1.37. The molecule has 128 valence electrons. The molecule has 0 aliphatic heterocycles. The molecular weight excluding hydrogens is 322 g/mol. The van der Waals surface area contributed by atoms with Gasteiger partial charge in [-0.3, -0.25) is 15.5 Å². The van der Waals surface area contributed by atoms with Crippen LogP contribution in [0.15, 0.2) is 48.7 Å². The van der Waals surface area contributed by atoms with Crippen LogP contribution in [0.5, 0.6) is 11.5 Å². The number of nitrogens with one attached hydrogen (secondary N) is 1. The molecule has 0 atom stereocenters. The van der Waals surface area contributed by atoms with Crippen LogP contribution in [0.1, 0.15) is 5.56 Å². The zero-order valence-corrected chi connectivity index (χ0v) is 13.9. The Bertz CT molecular complexity index is 1010. The summed E-state index contributed by atoms with van der Waals surface area (Å²) in [5, 5.41) is 20.6. The van der Waals surface area contributed by atoms with E-state index < -0.39 is 4.92 Å². The molecule has 3 rings (SSSR count). The Morgan fingerprint density at radius 3 is 2.60 bits per heavy atom. The highest BCUT2D eigenvalue weighted by molar-refractivity contribution is 5.83. The number of fused-ring (bicyclic) bond motifs is 1. The van der Waals surface area contributed by atoms with Crippen molar-refractivity contribution in [2.45, 2.75) is 6.54 Å². The first-order valence-corrected chi connectivity index (χ1v) is 7.56. The molecule has 7 heteroatoms. The lowest BCUT2D eigenvalue weighted by Crippen LogP contribution is -2.20. The van der Waals surface area contributed by atoms with Crippen molar-refractivity contribution in [1.29, 1.82) is 5.41 Å². The van der Waals surface area contributed by atoms with E-state index in [2.05, 4.69) is 0 Å². The van der Waals surface area contributed by atoms with E-state index in [1.807, 2.05) is 12.1 Å². The topological polar surface area (TPSA) is 90.4 Å². The van der Waals surface area contributed by atoms with Gasteiger partial charge in [0.15, 0.2) is 0 Å². The minimum Gasteiger partial charge on any atom is -0.497 e. The molecule has 1 heterocycles. The summed E-state index contributed by atoms with van der Waals surface area (Å²) in [6.45, 7) is 0.443. The first-order valence-electron chi connectivity index (χ1n) is 7.56. The number of ether oxygens (including phenoxy) is 2. The molecule has 25 heavy (non-hydrogen) atoms. The Kier molecular flexibility index (Phi) is 4.38. The smallest absolute Gasteiger partial charge is 0.270 e. The molecule has 7 nitrogen and oxygen atoms in total. The monoisotopic (exact) mass is 339 g/mol. The maximum absolute atomic E-state index is 10.9. The van der Waals surface area contributed by atoms with Gasteiger partial charge < -0.3 is 14.0 Å². The Morgan fingerprint density at radius 2 is 1.92 bits per heavy atom. The van der Waals surface area contributed by atoms with E-state index in [-0.39, 0.29) is 11.2 Å². The van der Waals surface area contributed by atoms with Crippen molar-refractivity contribution in [3.8, 4) is 11.5 Å². The Hall–Kier alpha value is -3.35. The van der Waals surface area contributed by atoms with Crippen LogP contribution in [0.3, 0.4) is 0 Å². The van der Waals surface area contributed by atoms with Gasteiger partial charge in [0, 0.05) is 35.3 Å². The van der Waals surface area contributed by atoms with E-state index in [1.54, 1.807) is 43.2 Å². The highest BCUT2D eigenvalue weighted by Crippen LogP contribution is 2.25. The van der Waals surface area contributed by atoms with Crippen LogP contribution in [-0.4, -0.2) is 23.7 Å². The summed E-state index contributed by atoms with van der Waals surface area (Å²) in [6.07, 6.45) is 1.75. The molecule has 0 bridgehead atoms. The molecule has 0 spiro atoms. The highest BCUT2D eigenvalue weighted by atomic mass is 16.6.